The summed E-state index contributed by atoms with van der Waals surface area (Å²) >= 11 is 0. The number of nitrogens with one attached hydrogen (secondary N) is 1. The molecule has 3 aromatic rings. The lowest BCUT2D eigenvalue weighted by Crippen LogP contribution is -2.45. The Bertz CT molecular complexity index is 1010. The summed E-state index contributed by atoms with van der Waals surface area (Å²) < 4.78 is 0. The Morgan fingerprint density at radius 3 is 2.39 bits per heavy atom. The Kier molecular flexibility index (Phi) is 8.16. The van der Waals surface area contributed by atoms with Gasteiger partial charge in [0.1, 0.15) is 0 Å². The lowest BCUT2D eigenvalue weighted by molar-refractivity contribution is -0.121. The van der Waals surface area contributed by atoms with Crippen molar-refractivity contribution in [2.45, 2.75) is 39.4 Å². The number of nitrogens with zero attached hydrogens (tertiary/aromatic N) is 6. The molecular formula is C25H33N7O. The molecule has 1 aliphatic rings. The van der Waals surface area contributed by atoms with Crippen molar-refractivity contribution in [3.8, 4) is 11.4 Å². The Hall–Kier alpha value is -3.10. The van der Waals surface area contributed by atoms with Gasteiger partial charge in [0.2, 0.25) is 11.7 Å². The minimum Gasteiger partial charge on any atom is -0.352 e. The first-order valence-corrected chi connectivity index (χ1v) is 11.8. The van der Waals surface area contributed by atoms with E-state index in [9.17, 15) is 4.79 Å². The van der Waals surface area contributed by atoms with Crippen LogP contribution in [0, 0.1) is 0 Å². The van der Waals surface area contributed by atoms with Crippen LogP contribution >= 0.6 is 0 Å². The number of aromatic nitrogens is 4. The fraction of sp³-hybridized carbons (Fsp3) is 0.440. The van der Waals surface area contributed by atoms with Crippen molar-refractivity contribution in [1.82, 2.24) is 35.3 Å². The average Bonchev–Trinajstić information content (AvgIpc) is 3.33. The Labute approximate surface area is 195 Å². The molecule has 0 saturated carbocycles. The van der Waals surface area contributed by atoms with Crippen LogP contribution in [0.1, 0.15) is 30.9 Å². The van der Waals surface area contributed by atoms with E-state index in [0.29, 0.717) is 31.8 Å². The van der Waals surface area contributed by atoms with Crippen LogP contribution in [0.3, 0.4) is 0 Å². The molecule has 1 amide bonds. The van der Waals surface area contributed by atoms with Crippen LogP contribution in [0.25, 0.3) is 11.4 Å². The second-order valence-electron chi connectivity index (χ2n) is 8.43. The van der Waals surface area contributed by atoms with E-state index in [2.05, 4.69) is 55.7 Å². The van der Waals surface area contributed by atoms with E-state index in [1.807, 2.05) is 36.4 Å². The number of carbonyl (C=O) groups excluding carboxylic acids is 1. The predicted octanol–water partition coefficient (Wildman–Crippen LogP) is 2.57. The van der Waals surface area contributed by atoms with Crippen LogP contribution in [-0.2, 0) is 24.4 Å². The first-order chi connectivity index (χ1) is 16.2. The van der Waals surface area contributed by atoms with Crippen LogP contribution in [0.4, 0.5) is 0 Å². The summed E-state index contributed by atoms with van der Waals surface area (Å²) in [6, 6.07) is 18.2. The number of tetrazole rings is 1. The molecule has 0 atom stereocenters. The lowest BCUT2D eigenvalue weighted by atomic mass is 10.1. The number of piperazine rings is 1. The molecule has 0 unspecified atom stereocenters. The maximum atomic E-state index is 12.4. The van der Waals surface area contributed by atoms with E-state index in [1.165, 1.54) is 11.1 Å². The van der Waals surface area contributed by atoms with E-state index < -0.39 is 0 Å². The summed E-state index contributed by atoms with van der Waals surface area (Å²) in [5, 5.41) is 15.7. The molecule has 8 heteroatoms. The topological polar surface area (TPSA) is 79.2 Å². The summed E-state index contributed by atoms with van der Waals surface area (Å²) in [5.41, 5.74) is 3.42. The molecule has 33 heavy (non-hydrogen) atoms. The van der Waals surface area contributed by atoms with Gasteiger partial charge in [-0.25, -0.2) is 0 Å². The Morgan fingerprint density at radius 2 is 1.64 bits per heavy atom. The van der Waals surface area contributed by atoms with Crippen LogP contribution < -0.4 is 5.32 Å². The molecule has 8 nitrogen and oxygen atoms in total. The molecule has 0 spiro atoms. The Morgan fingerprint density at radius 1 is 0.939 bits per heavy atom. The van der Waals surface area contributed by atoms with Gasteiger partial charge in [0, 0.05) is 51.3 Å². The maximum absolute atomic E-state index is 12.4. The fourth-order valence-electron chi connectivity index (χ4n) is 4.09. The summed E-state index contributed by atoms with van der Waals surface area (Å²) in [6.45, 7) is 9.84. The number of aryl methyl sites for hydroxylation is 1. The minimum absolute atomic E-state index is 0.0461. The first kappa shape index (κ1) is 23.1. The van der Waals surface area contributed by atoms with E-state index in [-0.39, 0.29) is 5.91 Å². The molecule has 0 bridgehead atoms. The SMILES string of the molecule is CCN1CCN(Cc2ccccc2CNC(=O)CCCn2nnc(-c3ccccc3)n2)CC1. The largest absolute Gasteiger partial charge is 0.352 e. The monoisotopic (exact) mass is 447 g/mol. The summed E-state index contributed by atoms with van der Waals surface area (Å²) in [6.07, 6.45) is 1.10. The molecular weight excluding hydrogens is 414 g/mol. The molecule has 4 rings (SSSR count). The number of carbonyl (C=O) groups is 1. The van der Waals surface area contributed by atoms with Crippen LogP contribution in [-0.4, -0.2) is 68.6 Å². The van der Waals surface area contributed by atoms with Gasteiger partial charge in [-0.05, 0) is 29.3 Å². The zero-order valence-corrected chi connectivity index (χ0v) is 19.4. The highest BCUT2D eigenvalue weighted by Gasteiger charge is 2.16. The normalized spacial score (nSPS) is 14.9. The van der Waals surface area contributed by atoms with E-state index in [1.54, 1.807) is 4.80 Å². The van der Waals surface area contributed by atoms with Crippen LogP contribution in [0.2, 0.25) is 0 Å². The molecule has 1 saturated heterocycles. The zero-order valence-electron chi connectivity index (χ0n) is 19.4. The van der Waals surface area contributed by atoms with E-state index in [4.69, 9.17) is 0 Å². The van der Waals surface area contributed by atoms with Crippen LogP contribution in [0.15, 0.2) is 54.6 Å². The van der Waals surface area contributed by atoms with E-state index >= 15 is 0 Å². The van der Waals surface area contributed by atoms with Gasteiger partial charge < -0.3 is 10.2 Å². The molecule has 1 fully saturated rings. The number of likely N-dealkylation sites (N-methyl/N-ethyl adjacent to an activating group) is 1. The van der Waals surface area contributed by atoms with Gasteiger partial charge in [-0.2, -0.15) is 4.80 Å². The first-order valence-electron chi connectivity index (χ1n) is 11.8. The zero-order chi connectivity index (χ0) is 22.9. The van der Waals surface area contributed by atoms with Gasteiger partial charge in [0.15, 0.2) is 0 Å². The van der Waals surface area contributed by atoms with Gasteiger partial charge in [-0.3, -0.25) is 9.69 Å². The Balaban J connectivity index is 1.21. The molecule has 1 aromatic heterocycles. The van der Waals surface area contributed by atoms with Gasteiger partial charge >= 0.3 is 0 Å². The van der Waals surface area contributed by atoms with Gasteiger partial charge in [0.25, 0.3) is 0 Å². The highest BCUT2D eigenvalue weighted by Crippen LogP contribution is 2.14. The van der Waals surface area contributed by atoms with Crippen molar-refractivity contribution in [1.29, 1.82) is 0 Å². The second kappa shape index (κ2) is 11.7. The number of rotatable bonds is 10. The number of hydrogen-bond acceptors (Lipinski definition) is 6. The number of benzene rings is 2. The molecule has 2 aromatic carbocycles. The van der Waals surface area contributed by atoms with Crippen molar-refractivity contribution < 1.29 is 4.79 Å². The fourth-order valence-corrected chi connectivity index (χ4v) is 4.09. The van der Waals surface area contributed by atoms with Gasteiger partial charge in [0.05, 0.1) is 6.54 Å². The van der Waals surface area contributed by atoms with Gasteiger partial charge in [-0.1, -0.05) is 61.5 Å². The van der Waals surface area contributed by atoms with Crippen molar-refractivity contribution in [3.05, 3.63) is 65.7 Å². The molecule has 2 heterocycles. The predicted molar refractivity (Wildman–Crippen MR) is 128 cm³/mol. The quantitative estimate of drug-likeness (QED) is 0.515. The summed E-state index contributed by atoms with van der Waals surface area (Å²) in [5.74, 6) is 0.650. The third-order valence-electron chi connectivity index (χ3n) is 6.15. The summed E-state index contributed by atoms with van der Waals surface area (Å²) in [4.78, 5) is 19.0. The number of hydrogen-bond donors (Lipinski definition) is 1. The maximum Gasteiger partial charge on any atom is 0.220 e. The van der Waals surface area contributed by atoms with Crippen molar-refractivity contribution in [2.75, 3.05) is 32.7 Å². The van der Waals surface area contributed by atoms with Crippen molar-refractivity contribution in [2.24, 2.45) is 0 Å². The van der Waals surface area contributed by atoms with Crippen molar-refractivity contribution >= 4 is 5.91 Å². The molecule has 174 valence electrons. The van der Waals surface area contributed by atoms with E-state index in [0.717, 1.165) is 44.8 Å². The third kappa shape index (κ3) is 6.69. The molecule has 1 aliphatic heterocycles. The van der Waals surface area contributed by atoms with Gasteiger partial charge in [-0.15, -0.1) is 10.2 Å². The lowest BCUT2D eigenvalue weighted by Gasteiger charge is -2.34. The highest BCUT2D eigenvalue weighted by molar-refractivity contribution is 5.75. The second-order valence-corrected chi connectivity index (χ2v) is 8.43. The highest BCUT2D eigenvalue weighted by atomic mass is 16.1. The minimum atomic E-state index is 0.0461. The summed E-state index contributed by atoms with van der Waals surface area (Å²) in [7, 11) is 0. The van der Waals surface area contributed by atoms with Crippen LogP contribution in [0.5, 0.6) is 0 Å². The smallest absolute Gasteiger partial charge is 0.220 e. The third-order valence-corrected chi connectivity index (χ3v) is 6.15. The molecule has 1 N–H and O–H groups in total. The average molecular weight is 448 g/mol. The molecule has 0 radical (unpaired) electrons. The number of amides is 1. The standard InChI is InChI=1S/C25H33N7O/c1-2-30-15-17-31(18-16-30)20-23-12-7-6-11-22(23)19-26-24(33)13-8-14-32-28-25(27-29-32)21-9-4-3-5-10-21/h3-7,9-12H,2,8,13-20H2,1H3,(H,26,33). The van der Waals surface area contributed by atoms with Crippen molar-refractivity contribution in [3.63, 3.8) is 0 Å². The molecule has 0 aliphatic carbocycles.